The van der Waals surface area contributed by atoms with E-state index in [1.807, 2.05) is 38.2 Å². The van der Waals surface area contributed by atoms with Gasteiger partial charge < -0.3 is 15.1 Å². The van der Waals surface area contributed by atoms with Crippen molar-refractivity contribution in [3.63, 3.8) is 0 Å². The minimum Gasteiger partial charge on any atom is -0.451 e. The molecule has 0 bridgehead atoms. The highest BCUT2D eigenvalue weighted by Crippen LogP contribution is 2.18. The lowest BCUT2D eigenvalue weighted by molar-refractivity contribution is 0.0996. The van der Waals surface area contributed by atoms with Crippen molar-refractivity contribution in [3.8, 4) is 0 Å². The highest BCUT2D eigenvalue weighted by Gasteiger charge is 2.11. The molecule has 0 radical (unpaired) electrons. The summed E-state index contributed by atoms with van der Waals surface area (Å²) in [5, 5.41) is 5.80. The molecule has 1 aromatic heterocycles. The summed E-state index contributed by atoms with van der Waals surface area (Å²) < 4.78 is 5.41. The van der Waals surface area contributed by atoms with Gasteiger partial charge >= 0.3 is 0 Å². The van der Waals surface area contributed by atoms with Crippen molar-refractivity contribution in [2.24, 2.45) is 0 Å². The number of carbonyl (C=O) groups is 1. The van der Waals surface area contributed by atoms with Crippen LogP contribution in [-0.2, 0) is 0 Å². The standard InChI is InChI=1S/C15H16N2O2/c1-10(2)13-7-8-14(19-13)15(18)17-12-6-4-5-11(9-12)16-3/h4-9,16H,1H2,2-3H3,(H,17,18). The predicted molar refractivity (Wildman–Crippen MR) is 77.4 cm³/mol. The Balaban J connectivity index is 2.13. The van der Waals surface area contributed by atoms with Crippen LogP contribution in [0.4, 0.5) is 11.4 Å². The summed E-state index contributed by atoms with van der Waals surface area (Å²) in [4.78, 5) is 12.0. The largest absolute Gasteiger partial charge is 0.451 e. The van der Waals surface area contributed by atoms with E-state index >= 15 is 0 Å². The Kier molecular flexibility index (Phi) is 3.71. The Hall–Kier alpha value is -2.49. The number of nitrogens with one attached hydrogen (secondary N) is 2. The summed E-state index contributed by atoms with van der Waals surface area (Å²) in [5.41, 5.74) is 2.43. The molecule has 1 amide bonds. The average molecular weight is 256 g/mol. The van der Waals surface area contributed by atoms with Gasteiger partial charge in [0.25, 0.3) is 5.91 Å². The molecule has 0 spiro atoms. The van der Waals surface area contributed by atoms with Crippen LogP contribution in [0.1, 0.15) is 23.2 Å². The van der Waals surface area contributed by atoms with Gasteiger partial charge in [0.05, 0.1) is 0 Å². The summed E-state index contributed by atoms with van der Waals surface area (Å²) in [6.45, 7) is 5.60. The molecule has 0 saturated carbocycles. The van der Waals surface area contributed by atoms with Gasteiger partial charge in [0, 0.05) is 18.4 Å². The van der Waals surface area contributed by atoms with Gasteiger partial charge in [0.1, 0.15) is 5.76 Å². The monoisotopic (exact) mass is 256 g/mol. The summed E-state index contributed by atoms with van der Waals surface area (Å²) >= 11 is 0. The highest BCUT2D eigenvalue weighted by atomic mass is 16.3. The van der Waals surface area contributed by atoms with Crippen molar-refractivity contribution in [2.75, 3.05) is 17.7 Å². The third-order valence-electron chi connectivity index (χ3n) is 2.66. The van der Waals surface area contributed by atoms with Gasteiger partial charge in [-0.05, 0) is 42.8 Å². The van der Waals surface area contributed by atoms with Crippen molar-refractivity contribution in [1.82, 2.24) is 0 Å². The van der Waals surface area contributed by atoms with Crippen LogP contribution in [0.25, 0.3) is 5.57 Å². The zero-order valence-corrected chi connectivity index (χ0v) is 11.0. The van der Waals surface area contributed by atoms with E-state index in [0.717, 1.165) is 11.3 Å². The molecule has 2 N–H and O–H groups in total. The van der Waals surface area contributed by atoms with Crippen LogP contribution in [-0.4, -0.2) is 13.0 Å². The number of anilines is 2. The van der Waals surface area contributed by atoms with Crippen LogP contribution in [0.5, 0.6) is 0 Å². The lowest BCUT2D eigenvalue weighted by Crippen LogP contribution is -2.10. The van der Waals surface area contributed by atoms with E-state index in [9.17, 15) is 4.79 Å². The number of hydrogen-bond donors (Lipinski definition) is 2. The normalized spacial score (nSPS) is 10.0. The third kappa shape index (κ3) is 3.04. The van der Waals surface area contributed by atoms with Gasteiger partial charge in [-0.2, -0.15) is 0 Å². The first-order chi connectivity index (χ1) is 9.10. The Labute approximate surface area is 112 Å². The molecule has 0 aliphatic heterocycles. The minimum atomic E-state index is -0.277. The van der Waals surface area contributed by atoms with Crippen LogP contribution < -0.4 is 10.6 Å². The minimum absolute atomic E-state index is 0.271. The zero-order chi connectivity index (χ0) is 13.8. The van der Waals surface area contributed by atoms with Gasteiger partial charge in [0.2, 0.25) is 0 Å². The predicted octanol–water partition coefficient (Wildman–Crippen LogP) is 3.61. The number of hydrogen-bond acceptors (Lipinski definition) is 3. The molecule has 0 fully saturated rings. The van der Waals surface area contributed by atoms with Crippen molar-refractivity contribution in [1.29, 1.82) is 0 Å². The maximum Gasteiger partial charge on any atom is 0.291 e. The molecule has 98 valence electrons. The highest BCUT2D eigenvalue weighted by molar-refractivity contribution is 6.02. The summed E-state index contributed by atoms with van der Waals surface area (Å²) in [7, 11) is 1.83. The molecule has 2 aromatic rings. The molecule has 4 heteroatoms. The van der Waals surface area contributed by atoms with Crippen LogP contribution in [0.15, 0.2) is 47.4 Å². The van der Waals surface area contributed by atoms with Gasteiger partial charge in [-0.25, -0.2) is 0 Å². The van der Waals surface area contributed by atoms with Gasteiger partial charge in [-0.3, -0.25) is 4.79 Å². The van der Waals surface area contributed by atoms with Crippen LogP contribution >= 0.6 is 0 Å². The van der Waals surface area contributed by atoms with Gasteiger partial charge in [0.15, 0.2) is 5.76 Å². The number of carbonyl (C=O) groups excluding carboxylic acids is 1. The van der Waals surface area contributed by atoms with Crippen molar-refractivity contribution in [3.05, 3.63) is 54.5 Å². The molecule has 1 aromatic carbocycles. The van der Waals surface area contributed by atoms with Crippen molar-refractivity contribution < 1.29 is 9.21 Å². The molecule has 2 rings (SSSR count). The Bertz CT molecular complexity index is 614. The Morgan fingerprint density at radius 3 is 2.47 bits per heavy atom. The molecule has 0 unspecified atom stereocenters. The summed E-state index contributed by atoms with van der Waals surface area (Å²) in [6.07, 6.45) is 0. The molecule has 1 heterocycles. The number of furan rings is 1. The lowest BCUT2D eigenvalue weighted by atomic mass is 10.2. The molecular weight excluding hydrogens is 240 g/mol. The molecule has 0 aliphatic rings. The van der Waals surface area contributed by atoms with E-state index in [4.69, 9.17) is 4.42 Å². The second-order valence-electron chi connectivity index (χ2n) is 4.23. The first-order valence-corrected chi connectivity index (χ1v) is 5.95. The maximum absolute atomic E-state index is 12.0. The maximum atomic E-state index is 12.0. The Morgan fingerprint density at radius 2 is 1.84 bits per heavy atom. The van der Waals surface area contributed by atoms with Crippen LogP contribution in [0.3, 0.4) is 0 Å². The molecule has 19 heavy (non-hydrogen) atoms. The fraction of sp³-hybridized carbons (Fsp3) is 0.133. The summed E-state index contributed by atoms with van der Waals surface area (Å²) in [5.74, 6) is 0.614. The van der Waals surface area contributed by atoms with Crippen LogP contribution in [0.2, 0.25) is 0 Å². The van der Waals surface area contributed by atoms with Crippen molar-refractivity contribution >= 4 is 22.9 Å². The summed E-state index contributed by atoms with van der Waals surface area (Å²) in [6, 6.07) is 10.8. The number of allylic oxidation sites excluding steroid dienone is 1. The smallest absolute Gasteiger partial charge is 0.291 e. The lowest BCUT2D eigenvalue weighted by Gasteiger charge is -2.05. The van der Waals surface area contributed by atoms with Gasteiger partial charge in [-0.1, -0.05) is 12.6 Å². The SMILES string of the molecule is C=C(C)c1ccc(C(=O)Nc2cccc(NC)c2)o1. The fourth-order valence-corrected chi connectivity index (χ4v) is 1.63. The topological polar surface area (TPSA) is 54.3 Å². The van der Waals surface area contributed by atoms with E-state index < -0.39 is 0 Å². The number of rotatable bonds is 4. The van der Waals surface area contributed by atoms with E-state index in [-0.39, 0.29) is 11.7 Å². The number of benzene rings is 1. The zero-order valence-electron chi connectivity index (χ0n) is 11.0. The molecule has 0 saturated heterocycles. The molecule has 4 nitrogen and oxygen atoms in total. The van der Waals surface area contributed by atoms with Crippen LogP contribution in [0, 0.1) is 0 Å². The second-order valence-corrected chi connectivity index (χ2v) is 4.23. The average Bonchev–Trinajstić information content (AvgIpc) is 2.89. The quantitative estimate of drug-likeness (QED) is 0.878. The van der Waals surface area contributed by atoms with E-state index in [1.165, 1.54) is 0 Å². The third-order valence-corrected chi connectivity index (χ3v) is 2.66. The Morgan fingerprint density at radius 1 is 1.16 bits per heavy atom. The number of amides is 1. The molecule has 0 atom stereocenters. The van der Waals surface area contributed by atoms with E-state index in [1.54, 1.807) is 12.1 Å². The van der Waals surface area contributed by atoms with Crippen molar-refractivity contribution in [2.45, 2.75) is 6.92 Å². The first-order valence-electron chi connectivity index (χ1n) is 5.95. The van der Waals surface area contributed by atoms with E-state index in [0.29, 0.717) is 11.4 Å². The molecule has 0 aliphatic carbocycles. The first kappa shape index (κ1) is 13.0. The van der Waals surface area contributed by atoms with E-state index in [2.05, 4.69) is 17.2 Å². The second kappa shape index (κ2) is 5.44. The molecular formula is C15H16N2O2. The van der Waals surface area contributed by atoms with Gasteiger partial charge in [-0.15, -0.1) is 0 Å². The fourth-order valence-electron chi connectivity index (χ4n) is 1.63.